The Hall–Kier alpha value is -4.80. The van der Waals surface area contributed by atoms with E-state index < -0.39 is 66.2 Å². The van der Waals surface area contributed by atoms with Gasteiger partial charge in [0.25, 0.3) is 0 Å². The van der Waals surface area contributed by atoms with E-state index in [1.807, 2.05) is 0 Å². The molecule has 0 spiro atoms. The molecule has 2 rings (SSSR count). The number of carbonyl (C=O) groups excluding carboxylic acids is 3. The minimum Gasteiger partial charge on any atom is -0.481 e. The second kappa shape index (κ2) is 14.1. The Labute approximate surface area is 214 Å². The van der Waals surface area contributed by atoms with Crippen molar-refractivity contribution in [3.8, 4) is 0 Å². The number of rotatable bonds is 16. The average Bonchev–Trinajstić information content (AvgIpc) is 3.55. The van der Waals surface area contributed by atoms with E-state index in [1.54, 1.807) is 0 Å². The third-order valence-corrected chi connectivity index (χ3v) is 5.22. The minimum atomic E-state index is -1.77. The van der Waals surface area contributed by atoms with Gasteiger partial charge in [0.15, 0.2) is 0 Å². The van der Waals surface area contributed by atoms with Crippen LogP contribution in [-0.4, -0.2) is 95.1 Å². The molecule has 0 radical (unpaired) electrons. The van der Waals surface area contributed by atoms with Gasteiger partial charge in [-0.2, -0.15) is 0 Å². The molecule has 0 saturated carbocycles. The normalized spacial score (nSPS) is 13.9. The molecule has 0 aliphatic rings. The van der Waals surface area contributed by atoms with Crippen molar-refractivity contribution in [2.75, 3.05) is 0 Å². The first-order valence-electron chi connectivity index (χ1n) is 11.2. The third-order valence-electron chi connectivity index (χ3n) is 5.22. The van der Waals surface area contributed by atoms with E-state index in [2.05, 4.69) is 35.9 Å². The summed E-state index contributed by atoms with van der Waals surface area (Å²) in [6.07, 6.45) is 3.66. The highest BCUT2D eigenvalue weighted by Crippen LogP contribution is 2.06. The topological polar surface area (TPSA) is 283 Å². The van der Waals surface area contributed by atoms with Crippen LogP contribution in [0.1, 0.15) is 30.7 Å². The molecule has 2 heterocycles. The van der Waals surface area contributed by atoms with Gasteiger partial charge >= 0.3 is 17.9 Å². The van der Waals surface area contributed by atoms with Gasteiger partial charge < -0.3 is 47.0 Å². The molecule has 0 aromatic carbocycles. The summed E-state index contributed by atoms with van der Waals surface area (Å²) in [5.41, 5.74) is 6.57. The molecule has 17 heteroatoms. The van der Waals surface area contributed by atoms with E-state index in [4.69, 9.17) is 15.9 Å². The van der Waals surface area contributed by atoms with Crippen LogP contribution in [0.3, 0.4) is 0 Å². The number of hydrogen-bond acceptors (Lipinski definition) is 9. The fourth-order valence-electron chi connectivity index (χ4n) is 3.26. The van der Waals surface area contributed by atoms with Crippen LogP contribution in [0.15, 0.2) is 25.0 Å². The van der Waals surface area contributed by atoms with Crippen LogP contribution in [0.25, 0.3) is 0 Å². The van der Waals surface area contributed by atoms with Crippen molar-refractivity contribution >= 4 is 35.6 Å². The van der Waals surface area contributed by atoms with Gasteiger partial charge in [0.05, 0.1) is 25.1 Å². The molecule has 0 aliphatic heterocycles. The molecule has 0 fully saturated rings. The molecule has 17 nitrogen and oxygen atoms in total. The monoisotopic (exact) mass is 536 g/mol. The average molecular weight is 537 g/mol. The maximum atomic E-state index is 13.2. The number of carbonyl (C=O) groups is 6. The number of aromatic amines is 2. The van der Waals surface area contributed by atoms with Gasteiger partial charge in [-0.25, -0.2) is 14.8 Å². The van der Waals surface area contributed by atoms with E-state index in [9.17, 15) is 33.9 Å². The lowest BCUT2D eigenvalue weighted by atomic mass is 10.1. The van der Waals surface area contributed by atoms with Crippen LogP contribution < -0.4 is 21.7 Å². The molecular formula is C21H28N8O9. The SMILES string of the molecule is NC(CCC(=O)O)C(=O)NC(Cc1cnc[nH]1)C(=O)NC(Cc1cnc[nH]1)C(=O)NC(CC(=O)O)C(=O)O. The number of carboxylic acids is 3. The van der Waals surface area contributed by atoms with Crippen molar-refractivity contribution in [2.45, 2.75) is 56.3 Å². The molecule has 4 atom stereocenters. The predicted octanol–water partition coefficient (Wildman–Crippen LogP) is -2.88. The zero-order valence-corrected chi connectivity index (χ0v) is 19.9. The van der Waals surface area contributed by atoms with E-state index in [0.717, 1.165) is 0 Å². The molecule has 2 aromatic rings. The molecule has 2 aromatic heterocycles. The highest BCUT2D eigenvalue weighted by molar-refractivity contribution is 5.95. The molecule has 10 N–H and O–H groups in total. The van der Waals surface area contributed by atoms with Crippen LogP contribution in [0, 0.1) is 0 Å². The number of hydrogen-bond donors (Lipinski definition) is 9. The largest absolute Gasteiger partial charge is 0.481 e. The first-order valence-corrected chi connectivity index (χ1v) is 11.2. The Bertz CT molecular complexity index is 1120. The molecular weight excluding hydrogens is 508 g/mol. The first-order chi connectivity index (χ1) is 18.0. The molecule has 0 aliphatic carbocycles. The lowest BCUT2D eigenvalue weighted by molar-refractivity contribution is -0.147. The van der Waals surface area contributed by atoms with E-state index in [0.29, 0.717) is 11.4 Å². The summed E-state index contributed by atoms with van der Waals surface area (Å²) in [4.78, 5) is 85.1. The summed E-state index contributed by atoms with van der Waals surface area (Å²) in [5.74, 6) is -6.88. The van der Waals surface area contributed by atoms with Crippen molar-refractivity contribution in [1.82, 2.24) is 35.9 Å². The maximum absolute atomic E-state index is 13.2. The van der Waals surface area contributed by atoms with Crippen molar-refractivity contribution in [2.24, 2.45) is 5.73 Å². The lowest BCUT2D eigenvalue weighted by Gasteiger charge is -2.24. The van der Waals surface area contributed by atoms with Crippen LogP contribution in [0.2, 0.25) is 0 Å². The number of nitrogens with one attached hydrogen (secondary N) is 5. The fourth-order valence-corrected chi connectivity index (χ4v) is 3.26. The van der Waals surface area contributed by atoms with E-state index >= 15 is 0 Å². The number of carboxylic acid groups (broad SMARTS) is 3. The van der Waals surface area contributed by atoms with Gasteiger partial charge in [-0.15, -0.1) is 0 Å². The Morgan fingerprint density at radius 3 is 1.63 bits per heavy atom. The number of aromatic nitrogens is 4. The predicted molar refractivity (Wildman–Crippen MR) is 125 cm³/mol. The smallest absolute Gasteiger partial charge is 0.326 e. The zero-order chi connectivity index (χ0) is 28.2. The Balaban J connectivity index is 2.23. The third kappa shape index (κ3) is 9.69. The first kappa shape index (κ1) is 29.4. The summed E-state index contributed by atoms with van der Waals surface area (Å²) < 4.78 is 0. The molecule has 4 unspecified atom stereocenters. The van der Waals surface area contributed by atoms with Crippen LogP contribution in [0.5, 0.6) is 0 Å². The number of nitrogens with zero attached hydrogens (tertiary/aromatic N) is 2. The van der Waals surface area contributed by atoms with Gasteiger partial charge in [-0.3, -0.25) is 24.0 Å². The maximum Gasteiger partial charge on any atom is 0.326 e. The molecule has 3 amide bonds. The van der Waals surface area contributed by atoms with E-state index in [1.165, 1.54) is 25.0 Å². The number of amides is 3. The summed E-state index contributed by atoms with van der Waals surface area (Å²) in [6.45, 7) is 0. The Morgan fingerprint density at radius 2 is 1.24 bits per heavy atom. The molecule has 38 heavy (non-hydrogen) atoms. The Morgan fingerprint density at radius 1 is 0.763 bits per heavy atom. The minimum absolute atomic E-state index is 0.113. The summed E-state index contributed by atoms with van der Waals surface area (Å²) >= 11 is 0. The van der Waals surface area contributed by atoms with Gasteiger partial charge in [0, 0.05) is 43.0 Å². The van der Waals surface area contributed by atoms with Crippen molar-refractivity contribution in [3.05, 3.63) is 36.4 Å². The van der Waals surface area contributed by atoms with Crippen molar-refractivity contribution in [3.63, 3.8) is 0 Å². The number of aliphatic carboxylic acids is 3. The highest BCUT2D eigenvalue weighted by atomic mass is 16.4. The number of imidazole rings is 2. The van der Waals surface area contributed by atoms with Crippen molar-refractivity contribution < 1.29 is 44.1 Å². The second-order valence-electron chi connectivity index (χ2n) is 8.22. The molecule has 0 saturated heterocycles. The van der Waals surface area contributed by atoms with Crippen LogP contribution >= 0.6 is 0 Å². The molecule has 206 valence electrons. The highest BCUT2D eigenvalue weighted by Gasteiger charge is 2.32. The van der Waals surface area contributed by atoms with Crippen LogP contribution in [0.4, 0.5) is 0 Å². The summed E-state index contributed by atoms with van der Waals surface area (Å²) in [5, 5.41) is 34.0. The van der Waals surface area contributed by atoms with Gasteiger partial charge in [-0.1, -0.05) is 0 Å². The second-order valence-corrected chi connectivity index (χ2v) is 8.22. The standard InChI is InChI=1S/C21H28N8O9/c22-12(1-2-16(30)31)18(34)27-13(3-10-6-23-8-25-10)19(35)28-14(4-11-7-24-9-26-11)20(36)29-15(21(37)38)5-17(32)33/h6-9,12-15H,1-5,22H2,(H,23,25)(H,24,26)(H,27,34)(H,28,35)(H,29,36)(H,30,31)(H,32,33)(H,37,38). The van der Waals surface area contributed by atoms with Gasteiger partial charge in [0.1, 0.15) is 18.1 Å². The lowest BCUT2D eigenvalue weighted by Crippen LogP contribution is -2.58. The molecule has 0 bridgehead atoms. The van der Waals surface area contributed by atoms with Crippen molar-refractivity contribution in [1.29, 1.82) is 0 Å². The van der Waals surface area contributed by atoms with Gasteiger partial charge in [0.2, 0.25) is 17.7 Å². The van der Waals surface area contributed by atoms with E-state index in [-0.39, 0.29) is 25.7 Å². The number of nitrogens with two attached hydrogens (primary N) is 1. The Kier molecular flexibility index (Phi) is 10.9. The summed E-state index contributed by atoms with van der Waals surface area (Å²) in [6, 6.07) is -5.71. The number of H-pyrrole nitrogens is 2. The zero-order valence-electron chi connectivity index (χ0n) is 19.9. The van der Waals surface area contributed by atoms with Crippen LogP contribution in [-0.2, 0) is 41.6 Å². The fraction of sp³-hybridized carbons (Fsp3) is 0.429. The van der Waals surface area contributed by atoms with Gasteiger partial charge in [-0.05, 0) is 6.42 Å². The summed E-state index contributed by atoms with van der Waals surface area (Å²) in [7, 11) is 0. The quantitative estimate of drug-likeness (QED) is 0.105.